The third-order valence-corrected chi connectivity index (χ3v) is 3.32. The summed E-state index contributed by atoms with van der Waals surface area (Å²) < 4.78 is 0. The van der Waals surface area contributed by atoms with Gasteiger partial charge in [-0.3, -0.25) is 4.79 Å². The highest BCUT2D eigenvalue weighted by atomic mass is 32.1. The molecule has 0 saturated carbocycles. The lowest BCUT2D eigenvalue weighted by Gasteiger charge is -2.16. The van der Waals surface area contributed by atoms with Crippen molar-refractivity contribution in [2.45, 2.75) is 6.42 Å². The molecule has 1 aromatic heterocycles. The monoisotopic (exact) mass is 218 g/mol. The third-order valence-electron chi connectivity index (χ3n) is 2.63. The Balaban J connectivity index is 1.95. The Hall–Kier alpha value is -1.55. The Kier molecular flexibility index (Phi) is 1.89. The van der Waals surface area contributed by atoms with Crippen LogP contribution in [-0.2, 0) is 4.79 Å². The number of allylic oxidation sites excluding steroid dienone is 1. The lowest BCUT2D eigenvalue weighted by Crippen LogP contribution is -2.28. The first-order chi connectivity index (χ1) is 7.33. The van der Waals surface area contributed by atoms with E-state index in [1.807, 2.05) is 0 Å². The predicted molar refractivity (Wildman–Crippen MR) is 60.1 cm³/mol. The van der Waals surface area contributed by atoms with Gasteiger partial charge in [0.25, 0.3) is 0 Å². The summed E-state index contributed by atoms with van der Waals surface area (Å²) >= 11 is 1.69. The van der Waals surface area contributed by atoms with E-state index < -0.39 is 0 Å². The van der Waals surface area contributed by atoms with E-state index in [9.17, 15) is 4.79 Å². The fourth-order valence-electron chi connectivity index (χ4n) is 1.88. The van der Waals surface area contributed by atoms with E-state index in [2.05, 4.69) is 33.5 Å². The normalized spacial score (nSPS) is 19.5. The maximum Gasteiger partial charge on any atom is 0.230 e. The molecule has 2 N–H and O–H groups in total. The molecular formula is C11H10N2OS. The first kappa shape index (κ1) is 8.73. The van der Waals surface area contributed by atoms with E-state index in [4.69, 9.17) is 0 Å². The molecule has 76 valence electrons. The molecule has 4 heteroatoms. The number of carbonyl (C=O) groups is 1. The predicted octanol–water partition coefficient (Wildman–Crippen LogP) is 1.47. The topological polar surface area (TPSA) is 41.1 Å². The Morgan fingerprint density at radius 1 is 1.40 bits per heavy atom. The summed E-state index contributed by atoms with van der Waals surface area (Å²) in [6.45, 7) is 0.788. The molecule has 1 aromatic rings. The molecule has 3 rings (SSSR count). The first-order valence-corrected chi connectivity index (χ1v) is 5.77. The Morgan fingerprint density at radius 3 is 3.13 bits per heavy atom. The summed E-state index contributed by atoms with van der Waals surface area (Å²) in [5, 5.41) is 10.2. The highest BCUT2D eigenvalue weighted by molar-refractivity contribution is 7.08. The summed E-state index contributed by atoms with van der Waals surface area (Å²) in [6, 6.07) is 2.11. The van der Waals surface area contributed by atoms with E-state index in [0.717, 1.165) is 17.9 Å². The fourth-order valence-corrected chi connectivity index (χ4v) is 2.56. The molecule has 2 aliphatic rings. The minimum Gasteiger partial charge on any atom is -0.367 e. The van der Waals surface area contributed by atoms with Crippen molar-refractivity contribution in [3.8, 4) is 0 Å². The van der Waals surface area contributed by atoms with Gasteiger partial charge in [0.05, 0.1) is 6.42 Å². The van der Waals surface area contributed by atoms with Crippen molar-refractivity contribution in [1.82, 2.24) is 10.6 Å². The fraction of sp³-hybridized carbons (Fsp3) is 0.182. The molecule has 0 spiro atoms. The Bertz CT molecular complexity index is 471. The molecule has 0 bridgehead atoms. The van der Waals surface area contributed by atoms with Crippen molar-refractivity contribution < 1.29 is 4.79 Å². The quantitative estimate of drug-likeness (QED) is 0.749. The largest absolute Gasteiger partial charge is 0.367 e. The van der Waals surface area contributed by atoms with Gasteiger partial charge in [0.1, 0.15) is 5.82 Å². The Morgan fingerprint density at radius 2 is 2.33 bits per heavy atom. The van der Waals surface area contributed by atoms with Gasteiger partial charge in [-0.25, -0.2) is 0 Å². The smallest absolute Gasteiger partial charge is 0.230 e. The molecule has 0 aromatic carbocycles. The second-order valence-corrected chi connectivity index (χ2v) is 4.44. The number of thiophene rings is 1. The summed E-state index contributed by atoms with van der Waals surface area (Å²) in [4.78, 5) is 11.2. The van der Waals surface area contributed by atoms with Crippen LogP contribution < -0.4 is 10.6 Å². The van der Waals surface area contributed by atoms with Gasteiger partial charge in [-0.2, -0.15) is 11.3 Å². The number of nitrogens with one attached hydrogen (secondary N) is 2. The summed E-state index contributed by atoms with van der Waals surface area (Å²) in [7, 11) is 0. The van der Waals surface area contributed by atoms with Crippen LogP contribution in [0.5, 0.6) is 0 Å². The molecule has 0 fully saturated rings. The number of hydrogen-bond acceptors (Lipinski definition) is 3. The van der Waals surface area contributed by atoms with Gasteiger partial charge < -0.3 is 10.6 Å². The van der Waals surface area contributed by atoms with Crippen LogP contribution in [0.3, 0.4) is 0 Å². The van der Waals surface area contributed by atoms with E-state index in [0.29, 0.717) is 6.42 Å². The molecule has 1 amide bonds. The SMILES string of the molecule is O=C1CC2=C(NCC(c3ccsc3)=C2)N1. The first-order valence-electron chi connectivity index (χ1n) is 4.83. The zero-order chi connectivity index (χ0) is 10.3. The maximum absolute atomic E-state index is 11.2. The van der Waals surface area contributed by atoms with Crippen LogP contribution in [0.2, 0.25) is 0 Å². The van der Waals surface area contributed by atoms with Gasteiger partial charge in [-0.15, -0.1) is 0 Å². The molecule has 0 unspecified atom stereocenters. The minimum atomic E-state index is 0.0790. The zero-order valence-electron chi connectivity index (χ0n) is 8.04. The molecule has 3 heterocycles. The molecule has 3 nitrogen and oxygen atoms in total. The van der Waals surface area contributed by atoms with Gasteiger partial charge in [0.15, 0.2) is 0 Å². The standard InChI is InChI=1S/C11H10N2OS/c14-10-4-8-3-9(5-12-11(8)13-10)7-1-2-15-6-7/h1-3,6,12H,4-5H2,(H,13,14). The second kappa shape index (κ2) is 3.24. The maximum atomic E-state index is 11.2. The molecule has 0 radical (unpaired) electrons. The number of dihydropyridines is 1. The van der Waals surface area contributed by atoms with Gasteiger partial charge in [-0.05, 0) is 34.0 Å². The number of hydrogen-bond donors (Lipinski definition) is 2. The van der Waals surface area contributed by atoms with Gasteiger partial charge in [0.2, 0.25) is 5.91 Å². The summed E-state index contributed by atoms with van der Waals surface area (Å²) in [6.07, 6.45) is 2.61. The highest BCUT2D eigenvalue weighted by Gasteiger charge is 2.23. The van der Waals surface area contributed by atoms with Gasteiger partial charge in [0, 0.05) is 12.1 Å². The van der Waals surface area contributed by atoms with Crippen molar-refractivity contribution in [2.75, 3.05) is 6.54 Å². The molecule has 0 aliphatic carbocycles. The average molecular weight is 218 g/mol. The van der Waals surface area contributed by atoms with Crippen molar-refractivity contribution in [2.24, 2.45) is 0 Å². The van der Waals surface area contributed by atoms with Crippen LogP contribution in [0.4, 0.5) is 0 Å². The van der Waals surface area contributed by atoms with Crippen molar-refractivity contribution in [3.63, 3.8) is 0 Å². The second-order valence-electron chi connectivity index (χ2n) is 3.66. The summed E-state index contributed by atoms with van der Waals surface area (Å²) in [5.74, 6) is 0.967. The van der Waals surface area contributed by atoms with Crippen molar-refractivity contribution in [1.29, 1.82) is 0 Å². The average Bonchev–Trinajstić information content (AvgIpc) is 2.82. The van der Waals surface area contributed by atoms with Crippen LogP contribution in [0.25, 0.3) is 5.57 Å². The lowest BCUT2D eigenvalue weighted by molar-refractivity contribution is -0.118. The van der Waals surface area contributed by atoms with Crippen LogP contribution in [0.15, 0.2) is 34.3 Å². The molecular weight excluding hydrogens is 208 g/mol. The van der Waals surface area contributed by atoms with Gasteiger partial charge in [-0.1, -0.05) is 0 Å². The van der Waals surface area contributed by atoms with E-state index in [-0.39, 0.29) is 5.91 Å². The Labute approximate surface area is 91.5 Å². The van der Waals surface area contributed by atoms with Crippen molar-refractivity contribution >= 4 is 22.8 Å². The van der Waals surface area contributed by atoms with E-state index in [1.165, 1.54) is 11.1 Å². The van der Waals surface area contributed by atoms with Crippen LogP contribution in [0.1, 0.15) is 12.0 Å². The van der Waals surface area contributed by atoms with Gasteiger partial charge >= 0.3 is 0 Å². The summed E-state index contributed by atoms with van der Waals surface area (Å²) in [5.41, 5.74) is 3.58. The number of rotatable bonds is 1. The van der Waals surface area contributed by atoms with Crippen molar-refractivity contribution in [3.05, 3.63) is 39.9 Å². The highest BCUT2D eigenvalue weighted by Crippen LogP contribution is 2.26. The van der Waals surface area contributed by atoms with Crippen LogP contribution in [0, 0.1) is 0 Å². The minimum absolute atomic E-state index is 0.0790. The van der Waals surface area contributed by atoms with E-state index >= 15 is 0 Å². The van der Waals surface area contributed by atoms with Crippen LogP contribution in [-0.4, -0.2) is 12.5 Å². The van der Waals surface area contributed by atoms with E-state index in [1.54, 1.807) is 11.3 Å². The lowest BCUT2D eigenvalue weighted by atomic mass is 10.0. The molecule has 0 saturated heterocycles. The number of carbonyl (C=O) groups excluding carboxylic acids is 1. The zero-order valence-corrected chi connectivity index (χ0v) is 8.86. The number of amides is 1. The molecule has 0 atom stereocenters. The molecule has 2 aliphatic heterocycles. The van der Waals surface area contributed by atoms with Crippen LogP contribution >= 0.6 is 11.3 Å². The third kappa shape index (κ3) is 1.47. The molecule has 15 heavy (non-hydrogen) atoms.